The highest BCUT2D eigenvalue weighted by atomic mass is 19.4. The molecule has 1 aromatic carbocycles. The van der Waals surface area contributed by atoms with Crippen molar-refractivity contribution < 1.29 is 22.6 Å². The Balaban J connectivity index is 1.76. The molecule has 1 unspecified atom stereocenters. The molecule has 0 saturated carbocycles. The fourth-order valence-electron chi connectivity index (χ4n) is 3.70. The van der Waals surface area contributed by atoms with Crippen LogP contribution in [-0.2, 0) is 12.7 Å². The lowest BCUT2D eigenvalue weighted by atomic mass is 10.0. The number of aromatic nitrogens is 2. The van der Waals surface area contributed by atoms with Crippen molar-refractivity contribution in [1.29, 1.82) is 0 Å². The Morgan fingerprint density at radius 3 is 2.45 bits per heavy atom. The van der Waals surface area contributed by atoms with Crippen LogP contribution in [0.4, 0.5) is 19.0 Å². The second-order valence-corrected chi connectivity index (χ2v) is 9.02. The highest BCUT2D eigenvalue weighted by molar-refractivity contribution is 5.68. The molecule has 0 aliphatic rings. The topological polar surface area (TPSA) is 68.3 Å². The van der Waals surface area contributed by atoms with Gasteiger partial charge in [0.2, 0.25) is 0 Å². The quantitative estimate of drug-likeness (QED) is 0.273. The molecule has 0 aliphatic carbocycles. The Bertz CT molecular complexity index is 1320. The van der Waals surface area contributed by atoms with Gasteiger partial charge in [-0.1, -0.05) is 17.7 Å². The van der Waals surface area contributed by atoms with E-state index >= 15 is 0 Å². The number of pyridine rings is 2. The van der Waals surface area contributed by atoms with Crippen LogP contribution in [-0.4, -0.2) is 24.2 Å². The summed E-state index contributed by atoms with van der Waals surface area (Å²) in [5.74, 6) is 1.59. The zero-order valence-electron chi connectivity index (χ0n) is 22.4. The standard InChI is InChI=1S/C29H33F3N4O2/c1-18(2)24(35-28-9-7-8-27(36-28)29(30,31)32)14-19(3)21-12-13-33-25(15-21)20(4)34-17-22-10-11-23(37-5)16-26(22)38-6/h7-16,20,34H,17H2,1-6H3,(H,35,36)/b19-14+. The SMILES string of the molecule is COc1ccc(CNC(C)c2cc(/C(C)=C/C(Nc3cccc(C(F)(F)F)n3)=C(C)C)ccn2)c(OC)c1. The van der Waals surface area contributed by atoms with Crippen molar-refractivity contribution in [3.8, 4) is 11.5 Å². The van der Waals surface area contributed by atoms with E-state index < -0.39 is 11.9 Å². The summed E-state index contributed by atoms with van der Waals surface area (Å²) in [6, 6.07) is 13.3. The number of nitrogens with one attached hydrogen (secondary N) is 2. The smallest absolute Gasteiger partial charge is 0.433 e. The van der Waals surface area contributed by atoms with Crippen molar-refractivity contribution >= 4 is 11.4 Å². The second-order valence-electron chi connectivity index (χ2n) is 9.02. The molecule has 3 rings (SSSR count). The van der Waals surface area contributed by atoms with Crippen LogP contribution in [0.25, 0.3) is 5.57 Å². The molecule has 0 fully saturated rings. The lowest BCUT2D eigenvalue weighted by Gasteiger charge is -2.17. The largest absolute Gasteiger partial charge is 0.497 e. The lowest BCUT2D eigenvalue weighted by molar-refractivity contribution is -0.141. The minimum absolute atomic E-state index is 0.0510. The normalized spacial score (nSPS) is 12.6. The minimum atomic E-state index is -4.51. The van der Waals surface area contributed by atoms with E-state index in [0.29, 0.717) is 12.2 Å². The molecule has 0 amide bonds. The summed E-state index contributed by atoms with van der Waals surface area (Å²) >= 11 is 0. The van der Waals surface area contributed by atoms with Gasteiger partial charge in [-0.05, 0) is 75.2 Å². The van der Waals surface area contributed by atoms with Gasteiger partial charge in [-0.25, -0.2) is 4.98 Å². The Hall–Kier alpha value is -3.85. The van der Waals surface area contributed by atoms with Crippen molar-refractivity contribution in [2.45, 2.75) is 46.5 Å². The van der Waals surface area contributed by atoms with Crippen LogP contribution in [0.1, 0.15) is 56.3 Å². The maximum Gasteiger partial charge on any atom is 0.433 e. The zero-order valence-corrected chi connectivity index (χ0v) is 22.4. The first-order valence-corrected chi connectivity index (χ1v) is 12.1. The van der Waals surface area contributed by atoms with Gasteiger partial charge < -0.3 is 20.1 Å². The van der Waals surface area contributed by atoms with Crippen LogP contribution in [0.15, 0.2) is 72.1 Å². The first-order valence-electron chi connectivity index (χ1n) is 12.1. The summed E-state index contributed by atoms with van der Waals surface area (Å²) in [4.78, 5) is 8.25. The number of ether oxygens (including phenoxy) is 2. The van der Waals surface area contributed by atoms with E-state index in [1.54, 1.807) is 20.4 Å². The molecule has 202 valence electrons. The first kappa shape index (κ1) is 28.7. The molecule has 2 heterocycles. The van der Waals surface area contributed by atoms with Gasteiger partial charge in [-0.2, -0.15) is 13.2 Å². The van der Waals surface area contributed by atoms with Crippen LogP contribution in [0.3, 0.4) is 0 Å². The van der Waals surface area contributed by atoms with E-state index in [4.69, 9.17) is 9.47 Å². The number of hydrogen-bond acceptors (Lipinski definition) is 6. The molecule has 3 aromatic rings. The van der Waals surface area contributed by atoms with E-state index in [1.807, 2.05) is 64.1 Å². The number of halogens is 3. The molecular weight excluding hydrogens is 493 g/mol. The fourth-order valence-corrected chi connectivity index (χ4v) is 3.70. The van der Waals surface area contributed by atoms with Crippen molar-refractivity contribution in [3.63, 3.8) is 0 Å². The maximum atomic E-state index is 13.1. The van der Waals surface area contributed by atoms with Gasteiger partial charge in [0.1, 0.15) is 23.0 Å². The molecule has 0 spiro atoms. The zero-order chi connectivity index (χ0) is 27.9. The van der Waals surface area contributed by atoms with Gasteiger partial charge in [0.25, 0.3) is 0 Å². The van der Waals surface area contributed by atoms with E-state index in [9.17, 15) is 13.2 Å². The summed E-state index contributed by atoms with van der Waals surface area (Å²) in [6.07, 6.45) is -0.861. The van der Waals surface area contributed by atoms with Gasteiger partial charge in [-0.15, -0.1) is 0 Å². The number of methoxy groups -OCH3 is 2. The predicted molar refractivity (Wildman–Crippen MR) is 144 cm³/mol. The van der Waals surface area contributed by atoms with E-state index in [0.717, 1.165) is 45.5 Å². The molecule has 2 N–H and O–H groups in total. The Morgan fingerprint density at radius 1 is 1.03 bits per heavy atom. The maximum absolute atomic E-state index is 13.1. The van der Waals surface area contributed by atoms with Gasteiger partial charge in [-0.3, -0.25) is 4.98 Å². The van der Waals surface area contributed by atoms with Gasteiger partial charge in [0.05, 0.1) is 19.9 Å². The number of allylic oxidation sites excluding steroid dienone is 3. The molecule has 0 bridgehead atoms. The van der Waals surface area contributed by atoms with Gasteiger partial charge in [0.15, 0.2) is 0 Å². The number of hydrogen-bond donors (Lipinski definition) is 2. The average molecular weight is 527 g/mol. The molecule has 38 heavy (non-hydrogen) atoms. The number of rotatable bonds is 10. The summed E-state index contributed by atoms with van der Waals surface area (Å²) in [5.41, 5.74) is 4.36. The second kappa shape index (κ2) is 12.6. The number of alkyl halides is 3. The third kappa shape index (κ3) is 7.58. The molecule has 6 nitrogen and oxygen atoms in total. The van der Waals surface area contributed by atoms with Crippen molar-refractivity contribution in [3.05, 3.63) is 94.6 Å². The van der Waals surface area contributed by atoms with Crippen LogP contribution in [0.5, 0.6) is 11.5 Å². The summed E-state index contributed by atoms with van der Waals surface area (Å²) < 4.78 is 50.0. The molecule has 1 atom stereocenters. The minimum Gasteiger partial charge on any atom is -0.497 e. The highest BCUT2D eigenvalue weighted by Gasteiger charge is 2.32. The van der Waals surface area contributed by atoms with Gasteiger partial charge >= 0.3 is 6.18 Å². The van der Waals surface area contributed by atoms with Crippen LogP contribution in [0, 0.1) is 0 Å². The first-order chi connectivity index (χ1) is 18.0. The van der Waals surface area contributed by atoms with Gasteiger partial charge in [0, 0.05) is 36.1 Å². The summed E-state index contributed by atoms with van der Waals surface area (Å²) in [5, 5.41) is 6.51. The van der Waals surface area contributed by atoms with Crippen molar-refractivity contribution in [1.82, 2.24) is 15.3 Å². The third-order valence-corrected chi connectivity index (χ3v) is 5.97. The fraction of sp³-hybridized carbons (Fsp3) is 0.310. The van der Waals surface area contributed by atoms with E-state index in [1.165, 1.54) is 12.1 Å². The van der Waals surface area contributed by atoms with E-state index in [-0.39, 0.29) is 11.9 Å². The third-order valence-electron chi connectivity index (χ3n) is 5.97. The van der Waals surface area contributed by atoms with Crippen LogP contribution >= 0.6 is 0 Å². The Labute approximate surface area is 221 Å². The predicted octanol–water partition coefficient (Wildman–Crippen LogP) is 7.17. The number of benzene rings is 1. The number of nitrogens with zero attached hydrogens (tertiary/aromatic N) is 2. The molecule has 0 aliphatic heterocycles. The van der Waals surface area contributed by atoms with Crippen molar-refractivity contribution in [2.24, 2.45) is 0 Å². The lowest BCUT2D eigenvalue weighted by Crippen LogP contribution is -2.19. The molecule has 0 saturated heterocycles. The molecule has 9 heteroatoms. The summed E-state index contributed by atoms with van der Waals surface area (Å²) in [7, 11) is 3.24. The summed E-state index contributed by atoms with van der Waals surface area (Å²) in [6.45, 7) is 8.33. The molecular formula is C29H33F3N4O2. The highest BCUT2D eigenvalue weighted by Crippen LogP contribution is 2.29. The monoisotopic (exact) mass is 526 g/mol. The molecule has 2 aromatic heterocycles. The van der Waals surface area contributed by atoms with Crippen LogP contribution in [0.2, 0.25) is 0 Å². The van der Waals surface area contributed by atoms with Crippen molar-refractivity contribution in [2.75, 3.05) is 19.5 Å². The Morgan fingerprint density at radius 2 is 1.79 bits per heavy atom. The van der Waals surface area contributed by atoms with E-state index in [2.05, 4.69) is 20.6 Å². The molecule has 0 radical (unpaired) electrons. The number of anilines is 1. The Kier molecular flexibility index (Phi) is 9.52. The average Bonchev–Trinajstić information content (AvgIpc) is 2.90. The van der Waals surface area contributed by atoms with Crippen LogP contribution < -0.4 is 20.1 Å².